The molecule has 1 saturated carbocycles. The van der Waals surface area contributed by atoms with Gasteiger partial charge in [-0.25, -0.2) is 0 Å². The second-order valence-electron chi connectivity index (χ2n) is 5.36. The molecule has 1 fully saturated rings. The van der Waals surface area contributed by atoms with Crippen molar-refractivity contribution in [3.63, 3.8) is 0 Å². The molecule has 2 N–H and O–H groups in total. The summed E-state index contributed by atoms with van der Waals surface area (Å²) < 4.78 is 0. The van der Waals surface area contributed by atoms with Crippen LogP contribution in [0.3, 0.4) is 0 Å². The van der Waals surface area contributed by atoms with Gasteiger partial charge in [0.25, 0.3) is 0 Å². The molecule has 0 amide bonds. The van der Waals surface area contributed by atoms with Crippen LogP contribution in [-0.4, -0.2) is 30.6 Å². The van der Waals surface area contributed by atoms with E-state index in [4.69, 9.17) is 5.73 Å². The van der Waals surface area contributed by atoms with Gasteiger partial charge in [0, 0.05) is 18.6 Å². The van der Waals surface area contributed by atoms with Gasteiger partial charge in [-0.05, 0) is 25.8 Å². The molecule has 0 heterocycles. The van der Waals surface area contributed by atoms with Crippen LogP contribution >= 0.6 is 0 Å². The molecule has 1 aliphatic carbocycles. The van der Waals surface area contributed by atoms with E-state index in [0.717, 1.165) is 12.6 Å². The van der Waals surface area contributed by atoms with Crippen molar-refractivity contribution in [1.29, 1.82) is 0 Å². The van der Waals surface area contributed by atoms with Crippen LogP contribution in [0.1, 0.15) is 52.4 Å². The summed E-state index contributed by atoms with van der Waals surface area (Å²) in [5.74, 6) is 0.670. The normalized spacial score (nSPS) is 22.0. The Hall–Kier alpha value is -0.0800. The maximum absolute atomic E-state index is 5.88. The minimum atomic E-state index is 0.563. The molecule has 1 rings (SSSR count). The van der Waals surface area contributed by atoms with Crippen molar-refractivity contribution in [1.82, 2.24) is 4.90 Å². The third-order valence-corrected chi connectivity index (χ3v) is 3.93. The lowest BCUT2D eigenvalue weighted by Gasteiger charge is -2.36. The lowest BCUT2D eigenvalue weighted by Crippen LogP contribution is -2.47. The van der Waals surface area contributed by atoms with E-state index in [1.54, 1.807) is 0 Å². The van der Waals surface area contributed by atoms with E-state index in [1.807, 2.05) is 0 Å². The highest BCUT2D eigenvalue weighted by Crippen LogP contribution is 2.23. The Labute approximate surface area is 95.2 Å². The summed E-state index contributed by atoms with van der Waals surface area (Å²) >= 11 is 0. The summed E-state index contributed by atoms with van der Waals surface area (Å²) in [5.41, 5.74) is 5.88. The minimum absolute atomic E-state index is 0.563. The summed E-state index contributed by atoms with van der Waals surface area (Å²) in [7, 11) is 2.27. The van der Waals surface area contributed by atoms with Gasteiger partial charge in [0.15, 0.2) is 0 Å². The van der Waals surface area contributed by atoms with Gasteiger partial charge >= 0.3 is 0 Å². The largest absolute Gasteiger partial charge is 0.329 e. The minimum Gasteiger partial charge on any atom is -0.329 e. The molecule has 1 atom stereocenters. The molecule has 2 nitrogen and oxygen atoms in total. The van der Waals surface area contributed by atoms with E-state index in [-0.39, 0.29) is 0 Å². The van der Waals surface area contributed by atoms with Crippen LogP contribution in [0.15, 0.2) is 0 Å². The topological polar surface area (TPSA) is 29.3 Å². The zero-order valence-corrected chi connectivity index (χ0v) is 10.7. The Morgan fingerprint density at radius 2 is 1.67 bits per heavy atom. The molecular formula is C13H28N2. The number of rotatable bonds is 4. The van der Waals surface area contributed by atoms with Crippen molar-refractivity contribution in [3.05, 3.63) is 0 Å². The SMILES string of the molecule is CC(C)C(CN)N(C)C1CCCCCC1. The molecule has 0 bridgehead atoms. The highest BCUT2D eigenvalue weighted by atomic mass is 15.2. The Bertz CT molecular complexity index is 160. The van der Waals surface area contributed by atoms with Crippen molar-refractivity contribution in [2.75, 3.05) is 13.6 Å². The van der Waals surface area contributed by atoms with E-state index in [9.17, 15) is 0 Å². The molecule has 1 aliphatic rings. The number of likely N-dealkylation sites (N-methyl/N-ethyl adjacent to an activating group) is 1. The van der Waals surface area contributed by atoms with E-state index in [1.165, 1.54) is 38.5 Å². The summed E-state index contributed by atoms with van der Waals surface area (Å²) in [4.78, 5) is 2.55. The first-order valence-corrected chi connectivity index (χ1v) is 6.58. The van der Waals surface area contributed by atoms with Crippen molar-refractivity contribution >= 4 is 0 Å². The lowest BCUT2D eigenvalue weighted by atomic mass is 9.98. The van der Waals surface area contributed by atoms with Gasteiger partial charge in [-0.3, -0.25) is 4.90 Å². The molecule has 0 saturated heterocycles. The predicted octanol–water partition coefficient (Wildman–Crippen LogP) is 2.62. The summed E-state index contributed by atoms with van der Waals surface area (Å²) in [6.07, 6.45) is 8.42. The first-order valence-electron chi connectivity index (χ1n) is 6.58. The summed E-state index contributed by atoms with van der Waals surface area (Å²) in [5, 5.41) is 0. The standard InChI is InChI=1S/C13H28N2/c1-11(2)13(10-14)15(3)12-8-6-4-5-7-9-12/h11-13H,4-10,14H2,1-3H3. The molecule has 0 spiro atoms. The smallest absolute Gasteiger partial charge is 0.0241 e. The van der Waals surface area contributed by atoms with E-state index in [0.29, 0.717) is 12.0 Å². The lowest BCUT2D eigenvalue weighted by molar-refractivity contribution is 0.128. The van der Waals surface area contributed by atoms with E-state index in [2.05, 4.69) is 25.8 Å². The first-order chi connectivity index (χ1) is 7.16. The molecule has 0 aromatic heterocycles. The third-order valence-electron chi connectivity index (χ3n) is 3.93. The Kier molecular flexibility index (Phi) is 5.62. The van der Waals surface area contributed by atoms with Gasteiger partial charge in [-0.15, -0.1) is 0 Å². The molecule has 2 heteroatoms. The van der Waals surface area contributed by atoms with Gasteiger partial charge in [-0.1, -0.05) is 39.5 Å². The van der Waals surface area contributed by atoms with Gasteiger partial charge in [0.2, 0.25) is 0 Å². The molecule has 1 unspecified atom stereocenters. The average Bonchev–Trinajstić information content (AvgIpc) is 2.45. The van der Waals surface area contributed by atoms with Crippen LogP contribution in [0.5, 0.6) is 0 Å². The van der Waals surface area contributed by atoms with Gasteiger partial charge in [-0.2, -0.15) is 0 Å². The summed E-state index contributed by atoms with van der Waals surface area (Å²) in [6, 6.07) is 1.34. The second-order valence-corrected chi connectivity index (χ2v) is 5.36. The van der Waals surface area contributed by atoms with Gasteiger partial charge in [0.1, 0.15) is 0 Å². The molecule has 0 aromatic rings. The number of hydrogen-bond acceptors (Lipinski definition) is 2. The highest BCUT2D eigenvalue weighted by Gasteiger charge is 2.24. The molecule has 0 aliphatic heterocycles. The van der Waals surface area contributed by atoms with Gasteiger partial charge < -0.3 is 5.73 Å². The number of nitrogens with zero attached hydrogens (tertiary/aromatic N) is 1. The Morgan fingerprint density at radius 1 is 1.13 bits per heavy atom. The Morgan fingerprint density at radius 3 is 2.07 bits per heavy atom. The number of nitrogens with two attached hydrogens (primary N) is 1. The zero-order valence-electron chi connectivity index (χ0n) is 10.7. The average molecular weight is 212 g/mol. The first kappa shape index (κ1) is 13.0. The van der Waals surface area contributed by atoms with Crippen molar-refractivity contribution < 1.29 is 0 Å². The van der Waals surface area contributed by atoms with Crippen LogP contribution in [0.4, 0.5) is 0 Å². The monoisotopic (exact) mass is 212 g/mol. The second kappa shape index (κ2) is 6.49. The van der Waals surface area contributed by atoms with Crippen LogP contribution in [0, 0.1) is 5.92 Å². The fourth-order valence-electron chi connectivity index (χ4n) is 2.84. The van der Waals surface area contributed by atoms with E-state index < -0.39 is 0 Å². The molecule has 0 aromatic carbocycles. The van der Waals surface area contributed by atoms with Crippen molar-refractivity contribution in [2.24, 2.45) is 11.7 Å². The molecule has 0 radical (unpaired) electrons. The highest BCUT2D eigenvalue weighted by molar-refractivity contribution is 4.80. The quantitative estimate of drug-likeness (QED) is 0.726. The fraction of sp³-hybridized carbons (Fsp3) is 1.00. The van der Waals surface area contributed by atoms with Crippen LogP contribution in [0.25, 0.3) is 0 Å². The maximum Gasteiger partial charge on any atom is 0.0241 e. The predicted molar refractivity (Wildman–Crippen MR) is 66.9 cm³/mol. The van der Waals surface area contributed by atoms with E-state index >= 15 is 0 Å². The van der Waals surface area contributed by atoms with Crippen LogP contribution in [0.2, 0.25) is 0 Å². The van der Waals surface area contributed by atoms with Crippen molar-refractivity contribution in [3.8, 4) is 0 Å². The summed E-state index contributed by atoms with van der Waals surface area (Å²) in [6.45, 7) is 5.36. The number of hydrogen-bond donors (Lipinski definition) is 1. The maximum atomic E-state index is 5.88. The van der Waals surface area contributed by atoms with Crippen LogP contribution in [-0.2, 0) is 0 Å². The molecule has 15 heavy (non-hydrogen) atoms. The zero-order chi connectivity index (χ0) is 11.3. The molecular weight excluding hydrogens is 184 g/mol. The van der Waals surface area contributed by atoms with Crippen LogP contribution < -0.4 is 5.73 Å². The van der Waals surface area contributed by atoms with Gasteiger partial charge in [0.05, 0.1) is 0 Å². The Balaban J connectivity index is 2.51. The third kappa shape index (κ3) is 3.76. The molecule has 90 valence electrons. The van der Waals surface area contributed by atoms with Crippen molar-refractivity contribution in [2.45, 2.75) is 64.5 Å². The fourth-order valence-corrected chi connectivity index (χ4v) is 2.84.